The van der Waals surface area contributed by atoms with Crippen LogP contribution in [0.15, 0.2) is 78.0 Å². The van der Waals surface area contributed by atoms with Crippen LogP contribution in [0.3, 0.4) is 0 Å². The van der Waals surface area contributed by atoms with Gasteiger partial charge in [-0.2, -0.15) is 0 Å². The SMILES string of the molecule is Cc1ccc(NC(=O)CSc2nnc(COc3ccc(C(C)(C)C)cc3)n2-c2ccc(C)cc2)cc1. The van der Waals surface area contributed by atoms with Crippen LogP contribution in [-0.4, -0.2) is 26.4 Å². The van der Waals surface area contributed by atoms with Gasteiger partial charge in [-0.15, -0.1) is 10.2 Å². The van der Waals surface area contributed by atoms with Crippen molar-refractivity contribution in [3.8, 4) is 11.4 Å². The van der Waals surface area contributed by atoms with Crippen molar-refractivity contribution in [1.82, 2.24) is 14.8 Å². The summed E-state index contributed by atoms with van der Waals surface area (Å²) >= 11 is 1.35. The molecule has 186 valence electrons. The van der Waals surface area contributed by atoms with Gasteiger partial charge in [0.05, 0.1) is 5.75 Å². The first-order valence-corrected chi connectivity index (χ1v) is 12.9. The highest BCUT2D eigenvalue weighted by Crippen LogP contribution is 2.26. The number of hydrogen-bond donors (Lipinski definition) is 1. The number of benzene rings is 3. The third-order valence-corrected chi connectivity index (χ3v) is 6.68. The molecule has 0 bridgehead atoms. The number of rotatable bonds is 8. The maximum absolute atomic E-state index is 12.6. The number of anilines is 1. The second-order valence-electron chi connectivity index (χ2n) is 9.84. The number of carbonyl (C=O) groups is 1. The van der Waals surface area contributed by atoms with Crippen LogP contribution < -0.4 is 10.1 Å². The third kappa shape index (κ3) is 6.55. The van der Waals surface area contributed by atoms with Crippen molar-refractivity contribution >= 4 is 23.4 Å². The van der Waals surface area contributed by atoms with Gasteiger partial charge in [0.1, 0.15) is 12.4 Å². The fourth-order valence-corrected chi connectivity index (χ4v) is 4.37. The van der Waals surface area contributed by atoms with Gasteiger partial charge in [0, 0.05) is 11.4 Å². The zero-order valence-electron chi connectivity index (χ0n) is 21.4. The summed E-state index contributed by atoms with van der Waals surface area (Å²) in [5.41, 5.74) is 5.35. The highest BCUT2D eigenvalue weighted by molar-refractivity contribution is 7.99. The zero-order chi connectivity index (χ0) is 25.7. The topological polar surface area (TPSA) is 69.0 Å². The van der Waals surface area contributed by atoms with Crippen LogP contribution >= 0.6 is 11.8 Å². The quantitative estimate of drug-likeness (QED) is 0.280. The maximum atomic E-state index is 12.6. The Kier molecular flexibility index (Phi) is 7.79. The number of amides is 1. The van der Waals surface area contributed by atoms with Crippen molar-refractivity contribution < 1.29 is 9.53 Å². The second-order valence-corrected chi connectivity index (χ2v) is 10.8. The van der Waals surface area contributed by atoms with Gasteiger partial charge in [-0.1, -0.05) is 80.1 Å². The number of nitrogens with zero attached hydrogens (tertiary/aromatic N) is 3. The average Bonchev–Trinajstić information content (AvgIpc) is 3.26. The Morgan fingerprint density at radius 1 is 0.889 bits per heavy atom. The Labute approximate surface area is 217 Å². The van der Waals surface area contributed by atoms with Crippen LogP contribution in [-0.2, 0) is 16.8 Å². The van der Waals surface area contributed by atoms with E-state index in [4.69, 9.17) is 4.74 Å². The van der Waals surface area contributed by atoms with Gasteiger partial charge in [-0.05, 0) is 61.2 Å². The molecule has 36 heavy (non-hydrogen) atoms. The first kappa shape index (κ1) is 25.5. The summed E-state index contributed by atoms with van der Waals surface area (Å²) < 4.78 is 8.01. The van der Waals surface area contributed by atoms with Crippen molar-refractivity contribution in [2.24, 2.45) is 0 Å². The number of carbonyl (C=O) groups excluding carboxylic acids is 1. The van der Waals surface area contributed by atoms with Crippen LogP contribution in [0, 0.1) is 13.8 Å². The van der Waals surface area contributed by atoms with Crippen molar-refractivity contribution in [1.29, 1.82) is 0 Å². The Morgan fingerprint density at radius 3 is 2.11 bits per heavy atom. The minimum absolute atomic E-state index is 0.0853. The van der Waals surface area contributed by atoms with Gasteiger partial charge in [0.2, 0.25) is 5.91 Å². The molecule has 0 saturated carbocycles. The largest absolute Gasteiger partial charge is 0.486 e. The molecule has 7 heteroatoms. The van der Waals surface area contributed by atoms with E-state index in [1.54, 1.807) is 0 Å². The zero-order valence-corrected chi connectivity index (χ0v) is 22.2. The van der Waals surface area contributed by atoms with E-state index in [0.29, 0.717) is 11.0 Å². The van der Waals surface area contributed by atoms with Gasteiger partial charge in [-0.25, -0.2) is 0 Å². The molecule has 0 radical (unpaired) electrons. The molecule has 6 nitrogen and oxygen atoms in total. The summed E-state index contributed by atoms with van der Waals surface area (Å²) in [7, 11) is 0. The van der Waals surface area contributed by atoms with E-state index in [1.807, 2.05) is 79.1 Å². The van der Waals surface area contributed by atoms with Crippen LogP contribution in [0.2, 0.25) is 0 Å². The molecule has 0 aliphatic heterocycles. The molecular weight excluding hydrogens is 468 g/mol. The molecule has 0 aliphatic carbocycles. The number of ether oxygens (including phenoxy) is 1. The summed E-state index contributed by atoms with van der Waals surface area (Å²) in [6.45, 7) is 10.9. The summed E-state index contributed by atoms with van der Waals surface area (Å²) in [5, 5.41) is 12.3. The maximum Gasteiger partial charge on any atom is 0.234 e. The molecule has 3 aromatic carbocycles. The molecule has 4 aromatic rings. The molecule has 0 unspecified atom stereocenters. The average molecular weight is 501 g/mol. The van der Waals surface area contributed by atoms with E-state index in [0.717, 1.165) is 28.3 Å². The lowest BCUT2D eigenvalue weighted by atomic mass is 9.87. The molecule has 1 N–H and O–H groups in total. The molecule has 4 rings (SSSR count). The smallest absolute Gasteiger partial charge is 0.234 e. The van der Waals surface area contributed by atoms with E-state index in [1.165, 1.54) is 17.3 Å². The second kappa shape index (κ2) is 11.0. The first-order valence-electron chi connectivity index (χ1n) is 11.9. The van der Waals surface area contributed by atoms with E-state index in [2.05, 4.69) is 48.4 Å². The van der Waals surface area contributed by atoms with Crippen molar-refractivity contribution in [3.05, 3.63) is 95.3 Å². The van der Waals surface area contributed by atoms with E-state index >= 15 is 0 Å². The molecule has 0 spiro atoms. The predicted octanol–water partition coefficient (Wildman–Crippen LogP) is 6.49. The van der Waals surface area contributed by atoms with Gasteiger partial charge in [-0.3, -0.25) is 9.36 Å². The molecule has 1 amide bonds. The minimum Gasteiger partial charge on any atom is -0.486 e. The summed E-state index contributed by atoms with van der Waals surface area (Å²) in [6, 6.07) is 24.0. The molecule has 1 aromatic heterocycles. The highest BCUT2D eigenvalue weighted by atomic mass is 32.2. The lowest BCUT2D eigenvalue weighted by Gasteiger charge is -2.19. The molecule has 0 aliphatic rings. The molecular formula is C29H32N4O2S. The number of aromatic nitrogens is 3. The Morgan fingerprint density at radius 2 is 1.50 bits per heavy atom. The van der Waals surface area contributed by atoms with Crippen LogP contribution in [0.25, 0.3) is 5.69 Å². The fraction of sp³-hybridized carbons (Fsp3) is 0.276. The van der Waals surface area contributed by atoms with Gasteiger partial charge < -0.3 is 10.1 Å². The lowest BCUT2D eigenvalue weighted by molar-refractivity contribution is -0.113. The Hall–Kier alpha value is -3.58. The Bertz CT molecular complexity index is 1310. The van der Waals surface area contributed by atoms with Crippen molar-refractivity contribution in [3.63, 3.8) is 0 Å². The highest BCUT2D eigenvalue weighted by Gasteiger charge is 2.17. The van der Waals surface area contributed by atoms with Gasteiger partial charge >= 0.3 is 0 Å². The number of aryl methyl sites for hydroxylation is 2. The molecule has 0 saturated heterocycles. The molecule has 0 fully saturated rings. The minimum atomic E-state index is -0.0981. The van der Waals surface area contributed by atoms with Crippen LogP contribution in [0.5, 0.6) is 5.75 Å². The normalized spacial score (nSPS) is 11.4. The standard InChI is InChI=1S/C29H32N4O2S/c1-20-6-12-23(13-7-20)30-27(34)19-36-28-32-31-26(33(28)24-14-8-21(2)9-15-24)18-35-25-16-10-22(11-17-25)29(3,4)5/h6-17H,18-19H2,1-5H3,(H,30,34). The van der Waals surface area contributed by atoms with Crippen molar-refractivity contribution in [2.75, 3.05) is 11.1 Å². The van der Waals surface area contributed by atoms with E-state index in [9.17, 15) is 4.79 Å². The number of nitrogens with one attached hydrogen (secondary N) is 1. The molecule has 1 heterocycles. The number of thioether (sulfide) groups is 1. The summed E-state index contributed by atoms with van der Waals surface area (Å²) in [5.74, 6) is 1.56. The van der Waals surface area contributed by atoms with E-state index < -0.39 is 0 Å². The summed E-state index contributed by atoms with van der Waals surface area (Å²) in [4.78, 5) is 12.6. The predicted molar refractivity (Wildman–Crippen MR) is 146 cm³/mol. The monoisotopic (exact) mass is 500 g/mol. The van der Waals surface area contributed by atoms with Crippen LogP contribution in [0.4, 0.5) is 5.69 Å². The number of hydrogen-bond acceptors (Lipinski definition) is 5. The van der Waals surface area contributed by atoms with Gasteiger partial charge in [0.25, 0.3) is 0 Å². The van der Waals surface area contributed by atoms with Crippen LogP contribution in [0.1, 0.15) is 43.3 Å². The fourth-order valence-electron chi connectivity index (χ4n) is 3.60. The lowest BCUT2D eigenvalue weighted by Crippen LogP contribution is -2.14. The Balaban J connectivity index is 1.49. The summed E-state index contributed by atoms with van der Waals surface area (Å²) in [6.07, 6.45) is 0. The first-order chi connectivity index (χ1) is 17.2. The third-order valence-electron chi connectivity index (χ3n) is 5.75. The van der Waals surface area contributed by atoms with Gasteiger partial charge in [0.15, 0.2) is 11.0 Å². The van der Waals surface area contributed by atoms with E-state index in [-0.39, 0.29) is 23.7 Å². The molecule has 0 atom stereocenters. The van der Waals surface area contributed by atoms with Crippen molar-refractivity contribution in [2.45, 2.75) is 51.8 Å².